The maximum Gasteiger partial charge on any atom is 0.323 e. The Labute approximate surface area is 129 Å². The molecule has 0 aliphatic heterocycles. The van der Waals surface area contributed by atoms with Crippen molar-refractivity contribution in [3.8, 4) is 0 Å². The van der Waals surface area contributed by atoms with E-state index in [-0.39, 0.29) is 0 Å². The minimum Gasteiger partial charge on any atom is -0.480 e. The fourth-order valence-corrected chi connectivity index (χ4v) is 1.93. The number of aliphatic carboxylic acids is 1. The molecule has 7 heteroatoms. The Bertz CT molecular complexity index is 494. The highest BCUT2D eigenvalue weighted by atomic mass is 35.5. The van der Waals surface area contributed by atoms with Crippen molar-refractivity contribution in [2.75, 3.05) is 38.6 Å². The third kappa shape index (κ3) is 6.46. The van der Waals surface area contributed by atoms with Crippen LogP contribution in [0.1, 0.15) is 6.42 Å². The smallest absolute Gasteiger partial charge is 0.323 e. The standard InChI is InChI=1S/C14H20ClN3O3/c1-17(2)8-4-7-16-14(21)18(10-13(19)20)12-6-3-5-11(15)9-12/h3,5-6,9H,4,7-8,10H2,1-2H3,(H,16,21)(H,19,20). The van der Waals surface area contributed by atoms with Crippen LogP contribution < -0.4 is 10.2 Å². The number of anilines is 1. The Hall–Kier alpha value is -1.79. The first-order chi connectivity index (χ1) is 9.90. The van der Waals surface area contributed by atoms with E-state index >= 15 is 0 Å². The number of carbonyl (C=O) groups excluding carboxylic acids is 1. The summed E-state index contributed by atoms with van der Waals surface area (Å²) in [7, 11) is 3.90. The van der Waals surface area contributed by atoms with Crippen LogP contribution in [0, 0.1) is 0 Å². The number of benzene rings is 1. The first-order valence-corrected chi connectivity index (χ1v) is 6.95. The van der Waals surface area contributed by atoms with E-state index in [4.69, 9.17) is 16.7 Å². The molecule has 0 atom stereocenters. The van der Waals surface area contributed by atoms with Crippen LogP contribution in [0.5, 0.6) is 0 Å². The third-order valence-electron chi connectivity index (χ3n) is 2.72. The van der Waals surface area contributed by atoms with Gasteiger partial charge in [-0.3, -0.25) is 9.69 Å². The summed E-state index contributed by atoms with van der Waals surface area (Å²) in [4.78, 5) is 26.2. The van der Waals surface area contributed by atoms with Gasteiger partial charge in [0.25, 0.3) is 0 Å². The first kappa shape index (κ1) is 17.3. The second-order valence-corrected chi connectivity index (χ2v) is 5.28. The highest BCUT2D eigenvalue weighted by molar-refractivity contribution is 6.30. The normalized spacial score (nSPS) is 10.5. The molecule has 0 radical (unpaired) electrons. The molecule has 6 nitrogen and oxygen atoms in total. The zero-order valence-corrected chi connectivity index (χ0v) is 12.9. The van der Waals surface area contributed by atoms with E-state index in [0.717, 1.165) is 17.9 Å². The van der Waals surface area contributed by atoms with Crippen molar-refractivity contribution >= 4 is 29.3 Å². The van der Waals surface area contributed by atoms with Gasteiger partial charge in [0.2, 0.25) is 0 Å². The number of carboxylic acids is 1. The van der Waals surface area contributed by atoms with Gasteiger partial charge >= 0.3 is 12.0 Å². The second-order valence-electron chi connectivity index (χ2n) is 4.85. The van der Waals surface area contributed by atoms with Crippen LogP contribution in [-0.4, -0.2) is 55.7 Å². The number of carboxylic acid groups (broad SMARTS) is 1. The molecule has 2 amide bonds. The lowest BCUT2D eigenvalue weighted by molar-refractivity contribution is -0.135. The van der Waals surface area contributed by atoms with Gasteiger partial charge in [-0.2, -0.15) is 0 Å². The largest absolute Gasteiger partial charge is 0.480 e. The minimum absolute atomic E-state index is 0.417. The molecule has 0 aliphatic rings. The lowest BCUT2D eigenvalue weighted by Gasteiger charge is -2.21. The van der Waals surface area contributed by atoms with E-state index in [2.05, 4.69) is 5.32 Å². The molecule has 0 saturated heterocycles. The van der Waals surface area contributed by atoms with E-state index < -0.39 is 18.5 Å². The summed E-state index contributed by atoms with van der Waals surface area (Å²) in [6.07, 6.45) is 0.787. The highest BCUT2D eigenvalue weighted by Crippen LogP contribution is 2.19. The van der Waals surface area contributed by atoms with E-state index in [9.17, 15) is 9.59 Å². The first-order valence-electron chi connectivity index (χ1n) is 6.57. The molecule has 0 unspecified atom stereocenters. The van der Waals surface area contributed by atoms with Crippen molar-refractivity contribution in [2.45, 2.75) is 6.42 Å². The number of carbonyl (C=O) groups is 2. The molecule has 1 aromatic rings. The molecule has 116 valence electrons. The molecule has 21 heavy (non-hydrogen) atoms. The minimum atomic E-state index is -1.08. The molecule has 0 aromatic heterocycles. The predicted molar refractivity (Wildman–Crippen MR) is 83.0 cm³/mol. The molecule has 0 saturated carbocycles. The molecule has 1 rings (SSSR count). The summed E-state index contributed by atoms with van der Waals surface area (Å²) >= 11 is 5.88. The SMILES string of the molecule is CN(C)CCCNC(=O)N(CC(=O)O)c1cccc(Cl)c1. The van der Waals surface area contributed by atoms with Crippen LogP contribution in [0.25, 0.3) is 0 Å². The topological polar surface area (TPSA) is 72.9 Å². The van der Waals surface area contributed by atoms with Crippen LogP contribution in [0.2, 0.25) is 5.02 Å². The number of halogens is 1. The number of hydrogen-bond acceptors (Lipinski definition) is 3. The van der Waals surface area contributed by atoms with E-state index in [1.807, 2.05) is 19.0 Å². The Morgan fingerprint density at radius 2 is 2.05 bits per heavy atom. The maximum absolute atomic E-state index is 12.1. The highest BCUT2D eigenvalue weighted by Gasteiger charge is 2.18. The molecule has 0 bridgehead atoms. The summed E-state index contributed by atoms with van der Waals surface area (Å²) in [5.41, 5.74) is 0.454. The molecule has 0 heterocycles. The molecule has 0 fully saturated rings. The third-order valence-corrected chi connectivity index (χ3v) is 2.95. The van der Waals surface area contributed by atoms with E-state index in [1.54, 1.807) is 24.3 Å². The molecule has 0 spiro atoms. The molecular formula is C14H20ClN3O3. The Balaban J connectivity index is 2.69. The summed E-state index contributed by atoms with van der Waals surface area (Å²) in [5.74, 6) is -1.08. The second kappa shape index (κ2) is 8.49. The Morgan fingerprint density at radius 3 is 2.62 bits per heavy atom. The van der Waals surface area contributed by atoms with Crippen LogP contribution in [0.3, 0.4) is 0 Å². The van der Waals surface area contributed by atoms with Crippen molar-refractivity contribution in [3.05, 3.63) is 29.3 Å². The fourth-order valence-electron chi connectivity index (χ4n) is 1.75. The zero-order valence-electron chi connectivity index (χ0n) is 12.2. The summed E-state index contributed by atoms with van der Waals surface area (Å²) in [6, 6.07) is 6.10. The monoisotopic (exact) mass is 313 g/mol. The maximum atomic E-state index is 12.1. The lowest BCUT2D eigenvalue weighted by atomic mass is 10.3. The lowest BCUT2D eigenvalue weighted by Crippen LogP contribution is -2.43. The number of amides is 2. The quantitative estimate of drug-likeness (QED) is 0.754. The number of urea groups is 1. The van der Waals surface area contributed by atoms with E-state index in [0.29, 0.717) is 17.3 Å². The van der Waals surface area contributed by atoms with Crippen molar-refractivity contribution in [1.82, 2.24) is 10.2 Å². The average molecular weight is 314 g/mol. The predicted octanol–water partition coefficient (Wildman–Crippen LogP) is 1.89. The number of nitrogens with one attached hydrogen (secondary N) is 1. The van der Waals surface area contributed by atoms with Crippen LogP contribution >= 0.6 is 11.6 Å². The Morgan fingerprint density at radius 1 is 1.33 bits per heavy atom. The van der Waals surface area contributed by atoms with Gasteiger partial charge in [0.1, 0.15) is 6.54 Å². The van der Waals surface area contributed by atoms with Crippen molar-refractivity contribution in [3.63, 3.8) is 0 Å². The molecular weight excluding hydrogens is 294 g/mol. The zero-order chi connectivity index (χ0) is 15.8. The summed E-state index contributed by atoms with van der Waals surface area (Å²) in [6.45, 7) is 0.907. The molecule has 2 N–H and O–H groups in total. The van der Waals surface area contributed by atoms with Crippen molar-refractivity contribution in [2.24, 2.45) is 0 Å². The van der Waals surface area contributed by atoms with Crippen LogP contribution in [-0.2, 0) is 4.79 Å². The van der Waals surface area contributed by atoms with Crippen molar-refractivity contribution in [1.29, 1.82) is 0 Å². The van der Waals surface area contributed by atoms with Gasteiger partial charge in [0, 0.05) is 17.3 Å². The number of rotatable bonds is 7. The average Bonchev–Trinajstić information content (AvgIpc) is 2.40. The van der Waals surface area contributed by atoms with E-state index in [1.165, 1.54) is 0 Å². The Kier molecular flexibility index (Phi) is 6.98. The molecule has 0 aliphatic carbocycles. The van der Waals surface area contributed by atoms with Gasteiger partial charge in [-0.1, -0.05) is 17.7 Å². The molecule has 1 aromatic carbocycles. The van der Waals surface area contributed by atoms with Gasteiger partial charge in [0.15, 0.2) is 0 Å². The summed E-state index contributed by atoms with van der Waals surface area (Å²) in [5, 5.41) is 12.1. The van der Waals surface area contributed by atoms with Gasteiger partial charge in [-0.15, -0.1) is 0 Å². The number of hydrogen-bond donors (Lipinski definition) is 2. The summed E-state index contributed by atoms with van der Waals surface area (Å²) < 4.78 is 0. The number of nitrogens with zero attached hydrogens (tertiary/aromatic N) is 2. The van der Waals surface area contributed by atoms with Gasteiger partial charge < -0.3 is 15.3 Å². The van der Waals surface area contributed by atoms with Gasteiger partial charge in [-0.05, 0) is 45.3 Å². The van der Waals surface area contributed by atoms with Crippen molar-refractivity contribution < 1.29 is 14.7 Å². The van der Waals surface area contributed by atoms with Gasteiger partial charge in [-0.25, -0.2) is 4.79 Å². The van der Waals surface area contributed by atoms with Gasteiger partial charge in [0.05, 0.1) is 0 Å². The van der Waals surface area contributed by atoms with Crippen LogP contribution in [0.15, 0.2) is 24.3 Å². The van der Waals surface area contributed by atoms with Crippen LogP contribution in [0.4, 0.5) is 10.5 Å². The fraction of sp³-hybridized carbons (Fsp3) is 0.429.